The molecule has 0 amide bonds. The van der Waals surface area contributed by atoms with Gasteiger partial charge < -0.3 is 0 Å². The van der Waals surface area contributed by atoms with Crippen LogP contribution in [0.2, 0.25) is 0 Å². The zero-order valence-electron chi connectivity index (χ0n) is 10.5. The summed E-state index contributed by atoms with van der Waals surface area (Å²) in [6.45, 7) is 8.04. The first-order valence-corrected chi connectivity index (χ1v) is 6.83. The monoisotopic (exact) mass is 239 g/mol. The maximum atomic E-state index is 12.0. The van der Waals surface area contributed by atoms with Crippen molar-refractivity contribution in [2.45, 2.75) is 44.9 Å². The molecular weight excluding hydrogens is 218 g/mol. The van der Waals surface area contributed by atoms with Crippen molar-refractivity contribution in [2.75, 3.05) is 0 Å². The van der Waals surface area contributed by atoms with Crippen LogP contribution in [0.15, 0.2) is 30.3 Å². The molecule has 0 heterocycles. The third kappa shape index (κ3) is 3.72. The third-order valence-electron chi connectivity index (χ3n) is 2.42. The molecular formula is C13H21NOS. The lowest BCUT2D eigenvalue weighted by atomic mass is 10.1. The summed E-state index contributed by atoms with van der Waals surface area (Å²) in [4.78, 5) is 0. The standard InChI is InChI=1S/C13H21NOS/c1-5-12(11-9-7-6-8-10-11)14-16(15)13(2,3)4/h6-10,12,14H,5H2,1-4H3/t12-,16+/m1/s1. The Morgan fingerprint density at radius 2 is 1.81 bits per heavy atom. The van der Waals surface area contributed by atoms with E-state index in [1.807, 2.05) is 39.0 Å². The van der Waals surface area contributed by atoms with E-state index in [0.717, 1.165) is 6.42 Å². The normalized spacial score (nSPS) is 15.8. The molecule has 0 bridgehead atoms. The average molecular weight is 239 g/mol. The van der Waals surface area contributed by atoms with Crippen LogP contribution in [0.25, 0.3) is 0 Å². The number of rotatable bonds is 4. The van der Waals surface area contributed by atoms with Gasteiger partial charge in [-0.2, -0.15) is 0 Å². The molecule has 1 N–H and O–H groups in total. The number of nitrogens with one attached hydrogen (secondary N) is 1. The van der Waals surface area contributed by atoms with E-state index < -0.39 is 11.0 Å². The van der Waals surface area contributed by atoms with Gasteiger partial charge in [-0.15, -0.1) is 0 Å². The van der Waals surface area contributed by atoms with Gasteiger partial charge in [0, 0.05) is 6.04 Å². The fourth-order valence-corrected chi connectivity index (χ4v) is 2.29. The Kier molecular flexibility index (Phi) is 4.69. The van der Waals surface area contributed by atoms with Crippen molar-refractivity contribution in [1.82, 2.24) is 4.72 Å². The van der Waals surface area contributed by atoms with Crippen molar-refractivity contribution in [3.05, 3.63) is 35.9 Å². The highest BCUT2D eigenvalue weighted by atomic mass is 32.2. The van der Waals surface area contributed by atoms with Gasteiger partial charge in [0.2, 0.25) is 0 Å². The second-order valence-corrected chi connectivity index (χ2v) is 6.87. The Morgan fingerprint density at radius 3 is 2.25 bits per heavy atom. The van der Waals surface area contributed by atoms with Crippen LogP contribution in [0.4, 0.5) is 0 Å². The summed E-state index contributed by atoms with van der Waals surface area (Å²) in [5, 5.41) is 0. The summed E-state index contributed by atoms with van der Waals surface area (Å²) in [6, 6.07) is 10.3. The Bertz CT molecular complexity index is 343. The second kappa shape index (κ2) is 5.60. The first kappa shape index (κ1) is 13.4. The lowest BCUT2D eigenvalue weighted by Crippen LogP contribution is -2.35. The molecule has 0 saturated carbocycles. The van der Waals surface area contributed by atoms with E-state index in [2.05, 4.69) is 23.8 Å². The highest BCUT2D eigenvalue weighted by Crippen LogP contribution is 2.19. The predicted molar refractivity (Wildman–Crippen MR) is 70.5 cm³/mol. The Hall–Kier alpha value is -0.670. The van der Waals surface area contributed by atoms with Crippen LogP contribution in [0.3, 0.4) is 0 Å². The number of hydrogen-bond donors (Lipinski definition) is 1. The topological polar surface area (TPSA) is 29.1 Å². The van der Waals surface area contributed by atoms with E-state index >= 15 is 0 Å². The van der Waals surface area contributed by atoms with E-state index in [1.165, 1.54) is 5.56 Å². The Morgan fingerprint density at radius 1 is 1.25 bits per heavy atom. The summed E-state index contributed by atoms with van der Waals surface area (Å²) >= 11 is 0. The third-order valence-corrected chi connectivity index (χ3v) is 4.03. The highest BCUT2D eigenvalue weighted by Gasteiger charge is 2.22. The van der Waals surface area contributed by atoms with Crippen molar-refractivity contribution < 1.29 is 4.21 Å². The zero-order chi connectivity index (χ0) is 12.2. The van der Waals surface area contributed by atoms with Crippen molar-refractivity contribution in [1.29, 1.82) is 0 Å². The minimum atomic E-state index is -1.02. The molecule has 0 aliphatic carbocycles. The van der Waals surface area contributed by atoms with Gasteiger partial charge in [0.1, 0.15) is 0 Å². The fraction of sp³-hybridized carbons (Fsp3) is 0.538. The summed E-state index contributed by atoms with van der Waals surface area (Å²) in [7, 11) is -1.02. The zero-order valence-corrected chi connectivity index (χ0v) is 11.3. The molecule has 1 aromatic rings. The molecule has 0 aliphatic rings. The van der Waals surface area contributed by atoms with Gasteiger partial charge in [-0.1, -0.05) is 37.3 Å². The summed E-state index contributed by atoms with van der Waals surface area (Å²) in [5.74, 6) is 0. The van der Waals surface area contributed by atoms with E-state index in [1.54, 1.807) is 0 Å². The summed E-state index contributed by atoms with van der Waals surface area (Å²) in [5.41, 5.74) is 1.20. The smallest absolute Gasteiger partial charge is 0.0975 e. The van der Waals surface area contributed by atoms with Gasteiger partial charge in [-0.3, -0.25) is 0 Å². The van der Waals surface area contributed by atoms with Crippen molar-refractivity contribution in [2.24, 2.45) is 0 Å². The second-order valence-electron chi connectivity index (χ2n) is 4.87. The molecule has 1 aromatic carbocycles. The molecule has 0 fully saturated rings. The van der Waals surface area contributed by atoms with Crippen LogP contribution in [-0.2, 0) is 11.0 Å². The molecule has 0 saturated heterocycles. The highest BCUT2D eigenvalue weighted by molar-refractivity contribution is 7.84. The molecule has 0 spiro atoms. The van der Waals surface area contributed by atoms with Crippen LogP contribution in [0.5, 0.6) is 0 Å². The van der Waals surface area contributed by atoms with Gasteiger partial charge >= 0.3 is 0 Å². The molecule has 0 radical (unpaired) electrons. The molecule has 1 rings (SSSR count). The van der Waals surface area contributed by atoms with Gasteiger partial charge in [-0.25, -0.2) is 8.93 Å². The molecule has 0 unspecified atom stereocenters. The Labute approximate surface area is 101 Å². The first-order chi connectivity index (χ1) is 7.45. The maximum Gasteiger partial charge on any atom is 0.0975 e. The Balaban J connectivity index is 2.75. The van der Waals surface area contributed by atoms with Gasteiger partial charge in [-0.05, 0) is 32.8 Å². The number of hydrogen-bond acceptors (Lipinski definition) is 1. The molecule has 16 heavy (non-hydrogen) atoms. The summed E-state index contributed by atoms with van der Waals surface area (Å²) < 4.78 is 15.0. The summed E-state index contributed by atoms with van der Waals surface area (Å²) in [6.07, 6.45) is 0.936. The lowest BCUT2D eigenvalue weighted by molar-refractivity contribution is 0.589. The average Bonchev–Trinajstić information content (AvgIpc) is 2.25. The van der Waals surface area contributed by atoms with Crippen molar-refractivity contribution in [3.63, 3.8) is 0 Å². The van der Waals surface area contributed by atoms with Gasteiger partial charge in [0.05, 0.1) is 15.7 Å². The molecule has 2 atom stereocenters. The minimum Gasteiger partial charge on any atom is -0.242 e. The maximum absolute atomic E-state index is 12.0. The van der Waals surface area contributed by atoms with Gasteiger partial charge in [0.15, 0.2) is 0 Å². The molecule has 90 valence electrons. The van der Waals surface area contributed by atoms with Crippen LogP contribution in [0, 0.1) is 0 Å². The SMILES string of the molecule is CC[C@@H](N[S@@](=O)C(C)(C)C)c1ccccc1. The molecule has 3 heteroatoms. The predicted octanol–water partition coefficient (Wildman–Crippen LogP) is 3.19. The minimum absolute atomic E-state index is 0.168. The number of benzene rings is 1. The van der Waals surface area contributed by atoms with Crippen LogP contribution in [0.1, 0.15) is 45.7 Å². The first-order valence-electron chi connectivity index (χ1n) is 5.68. The van der Waals surface area contributed by atoms with Crippen LogP contribution >= 0.6 is 0 Å². The molecule has 0 aliphatic heterocycles. The molecule has 0 aromatic heterocycles. The largest absolute Gasteiger partial charge is 0.242 e. The van der Waals surface area contributed by atoms with Crippen molar-refractivity contribution in [3.8, 4) is 0 Å². The van der Waals surface area contributed by atoms with E-state index in [9.17, 15) is 4.21 Å². The van der Waals surface area contributed by atoms with Crippen molar-refractivity contribution >= 4 is 11.0 Å². The van der Waals surface area contributed by atoms with Gasteiger partial charge in [0.25, 0.3) is 0 Å². The lowest BCUT2D eigenvalue weighted by Gasteiger charge is -2.23. The van der Waals surface area contributed by atoms with Crippen LogP contribution in [-0.4, -0.2) is 8.96 Å². The van der Waals surface area contributed by atoms with E-state index in [4.69, 9.17) is 0 Å². The van der Waals surface area contributed by atoms with Crippen LogP contribution < -0.4 is 4.72 Å². The van der Waals surface area contributed by atoms with E-state index in [-0.39, 0.29) is 10.8 Å². The fourth-order valence-electron chi connectivity index (χ4n) is 1.38. The van der Waals surface area contributed by atoms with E-state index in [0.29, 0.717) is 0 Å². The molecule has 2 nitrogen and oxygen atoms in total. The quantitative estimate of drug-likeness (QED) is 0.859.